The Hall–Kier alpha value is -1.53. The van der Waals surface area contributed by atoms with Crippen LogP contribution in [-0.2, 0) is 11.3 Å². The van der Waals surface area contributed by atoms with Crippen LogP contribution >= 0.6 is 0 Å². The van der Waals surface area contributed by atoms with Crippen molar-refractivity contribution in [2.75, 3.05) is 46.9 Å². The first kappa shape index (κ1) is 17.5. The third-order valence-electron chi connectivity index (χ3n) is 2.99. The van der Waals surface area contributed by atoms with E-state index in [1.807, 2.05) is 12.1 Å². The largest absolute Gasteiger partial charge is 0.467 e. The molecule has 0 atom stereocenters. The average molecular weight is 296 g/mol. The molecule has 0 saturated heterocycles. The molecule has 0 aliphatic carbocycles. The summed E-state index contributed by atoms with van der Waals surface area (Å²) in [5.74, 6) is 1.68. The molecule has 6 heteroatoms. The number of aliphatic imine (C=N–C) groups is 1. The molecule has 0 aliphatic heterocycles. The van der Waals surface area contributed by atoms with Crippen LogP contribution in [0.3, 0.4) is 0 Å². The second kappa shape index (κ2) is 11.2. The van der Waals surface area contributed by atoms with Gasteiger partial charge in [-0.05, 0) is 32.5 Å². The van der Waals surface area contributed by atoms with E-state index < -0.39 is 0 Å². The van der Waals surface area contributed by atoms with Gasteiger partial charge in [-0.2, -0.15) is 0 Å². The van der Waals surface area contributed by atoms with Gasteiger partial charge in [0.1, 0.15) is 12.3 Å². The minimum absolute atomic E-state index is 0.548. The van der Waals surface area contributed by atoms with Crippen LogP contribution in [0.15, 0.2) is 27.8 Å². The fourth-order valence-electron chi connectivity index (χ4n) is 1.86. The number of likely N-dealkylation sites (N-methyl/N-ethyl adjacent to an activating group) is 1. The molecule has 1 aromatic heterocycles. The minimum atomic E-state index is 0.548. The Morgan fingerprint density at radius 2 is 2.24 bits per heavy atom. The minimum Gasteiger partial charge on any atom is -0.467 e. The van der Waals surface area contributed by atoms with Crippen molar-refractivity contribution in [1.82, 2.24) is 15.5 Å². The molecular weight excluding hydrogens is 268 g/mol. The number of methoxy groups -OCH3 is 1. The number of nitrogens with zero attached hydrogens (tertiary/aromatic N) is 2. The quantitative estimate of drug-likeness (QED) is 0.387. The van der Waals surface area contributed by atoms with Gasteiger partial charge in [0, 0.05) is 39.9 Å². The number of nitrogens with one attached hydrogen (secondary N) is 2. The number of hydrogen-bond donors (Lipinski definition) is 2. The van der Waals surface area contributed by atoms with E-state index >= 15 is 0 Å². The van der Waals surface area contributed by atoms with E-state index in [1.165, 1.54) is 0 Å². The van der Waals surface area contributed by atoms with E-state index in [2.05, 4.69) is 34.5 Å². The van der Waals surface area contributed by atoms with Gasteiger partial charge in [0.25, 0.3) is 0 Å². The van der Waals surface area contributed by atoms with Crippen LogP contribution < -0.4 is 10.6 Å². The van der Waals surface area contributed by atoms with E-state index in [0.717, 1.165) is 50.9 Å². The SMILES string of the molecule is CCNC(=NCc1ccco1)NCCN(C)CCCOC. The lowest BCUT2D eigenvalue weighted by molar-refractivity contribution is 0.180. The molecule has 1 rings (SSSR count). The van der Waals surface area contributed by atoms with Gasteiger partial charge >= 0.3 is 0 Å². The van der Waals surface area contributed by atoms with Crippen molar-refractivity contribution in [3.05, 3.63) is 24.2 Å². The number of rotatable bonds is 10. The molecule has 0 saturated carbocycles. The van der Waals surface area contributed by atoms with Crippen LogP contribution in [0.25, 0.3) is 0 Å². The smallest absolute Gasteiger partial charge is 0.191 e. The molecule has 0 fully saturated rings. The van der Waals surface area contributed by atoms with Crippen molar-refractivity contribution in [3.8, 4) is 0 Å². The standard InChI is InChI=1S/C15H28N4O2/c1-4-16-15(18-13-14-7-5-12-21-14)17-8-10-19(2)9-6-11-20-3/h5,7,12H,4,6,8-11,13H2,1-3H3,(H2,16,17,18). The van der Waals surface area contributed by atoms with Crippen LogP contribution in [0, 0.1) is 0 Å². The van der Waals surface area contributed by atoms with Crippen LogP contribution in [0.2, 0.25) is 0 Å². The van der Waals surface area contributed by atoms with E-state index in [-0.39, 0.29) is 0 Å². The van der Waals surface area contributed by atoms with Crippen molar-refractivity contribution >= 4 is 5.96 Å². The van der Waals surface area contributed by atoms with Crippen LogP contribution in [0.1, 0.15) is 19.1 Å². The van der Waals surface area contributed by atoms with E-state index in [9.17, 15) is 0 Å². The Labute approximate surface area is 127 Å². The first-order valence-electron chi connectivity index (χ1n) is 7.48. The molecule has 0 radical (unpaired) electrons. The number of hydrogen-bond acceptors (Lipinski definition) is 4. The van der Waals surface area contributed by atoms with Crippen LogP contribution in [-0.4, -0.2) is 57.8 Å². The first-order valence-corrected chi connectivity index (χ1v) is 7.48. The van der Waals surface area contributed by atoms with Crippen molar-refractivity contribution in [2.24, 2.45) is 4.99 Å². The highest BCUT2D eigenvalue weighted by Gasteiger charge is 2.01. The molecule has 0 aromatic carbocycles. The predicted molar refractivity (Wildman–Crippen MR) is 85.5 cm³/mol. The molecule has 0 bridgehead atoms. The summed E-state index contributed by atoms with van der Waals surface area (Å²) in [6, 6.07) is 3.80. The monoisotopic (exact) mass is 296 g/mol. The summed E-state index contributed by atoms with van der Waals surface area (Å²) in [5, 5.41) is 6.56. The van der Waals surface area contributed by atoms with Crippen molar-refractivity contribution in [2.45, 2.75) is 19.9 Å². The molecule has 0 amide bonds. The van der Waals surface area contributed by atoms with E-state index in [0.29, 0.717) is 6.54 Å². The summed E-state index contributed by atoms with van der Waals surface area (Å²) in [7, 11) is 3.85. The second-order valence-electron chi connectivity index (χ2n) is 4.85. The van der Waals surface area contributed by atoms with Gasteiger partial charge in [-0.1, -0.05) is 0 Å². The fraction of sp³-hybridized carbons (Fsp3) is 0.667. The lowest BCUT2D eigenvalue weighted by Crippen LogP contribution is -2.41. The lowest BCUT2D eigenvalue weighted by Gasteiger charge is -2.18. The molecule has 1 aromatic rings. The lowest BCUT2D eigenvalue weighted by atomic mass is 10.4. The molecular formula is C15H28N4O2. The highest BCUT2D eigenvalue weighted by molar-refractivity contribution is 5.79. The number of guanidine groups is 1. The highest BCUT2D eigenvalue weighted by atomic mass is 16.5. The molecule has 21 heavy (non-hydrogen) atoms. The molecule has 6 nitrogen and oxygen atoms in total. The van der Waals surface area contributed by atoms with Crippen molar-refractivity contribution in [3.63, 3.8) is 0 Å². The van der Waals surface area contributed by atoms with Gasteiger partial charge < -0.3 is 24.7 Å². The molecule has 2 N–H and O–H groups in total. The Morgan fingerprint density at radius 1 is 1.38 bits per heavy atom. The molecule has 0 spiro atoms. The Balaban J connectivity index is 2.25. The first-order chi connectivity index (χ1) is 10.3. The number of furan rings is 1. The third kappa shape index (κ3) is 8.37. The normalized spacial score (nSPS) is 11.9. The third-order valence-corrected chi connectivity index (χ3v) is 2.99. The predicted octanol–water partition coefficient (Wildman–Crippen LogP) is 1.30. The Morgan fingerprint density at radius 3 is 2.90 bits per heavy atom. The molecule has 0 aliphatic rings. The van der Waals surface area contributed by atoms with E-state index in [1.54, 1.807) is 13.4 Å². The highest BCUT2D eigenvalue weighted by Crippen LogP contribution is 2.00. The van der Waals surface area contributed by atoms with Gasteiger partial charge in [-0.15, -0.1) is 0 Å². The molecule has 120 valence electrons. The maximum absolute atomic E-state index is 5.28. The zero-order valence-electron chi connectivity index (χ0n) is 13.4. The Bertz CT molecular complexity index is 379. The fourth-order valence-corrected chi connectivity index (χ4v) is 1.86. The number of ether oxygens (including phenoxy) is 1. The molecule has 1 heterocycles. The zero-order chi connectivity index (χ0) is 15.3. The summed E-state index contributed by atoms with van der Waals surface area (Å²) in [4.78, 5) is 6.77. The summed E-state index contributed by atoms with van der Waals surface area (Å²) >= 11 is 0. The van der Waals surface area contributed by atoms with Crippen LogP contribution in [0.5, 0.6) is 0 Å². The van der Waals surface area contributed by atoms with Gasteiger partial charge in [0.15, 0.2) is 5.96 Å². The van der Waals surface area contributed by atoms with Crippen molar-refractivity contribution in [1.29, 1.82) is 0 Å². The van der Waals surface area contributed by atoms with Crippen LogP contribution in [0.4, 0.5) is 0 Å². The second-order valence-corrected chi connectivity index (χ2v) is 4.85. The molecule has 0 unspecified atom stereocenters. The maximum Gasteiger partial charge on any atom is 0.191 e. The van der Waals surface area contributed by atoms with Crippen molar-refractivity contribution < 1.29 is 9.15 Å². The van der Waals surface area contributed by atoms with Gasteiger partial charge in [0.05, 0.1) is 6.26 Å². The maximum atomic E-state index is 5.28. The summed E-state index contributed by atoms with van der Waals surface area (Å²) in [5.41, 5.74) is 0. The van der Waals surface area contributed by atoms with Gasteiger partial charge in [-0.25, -0.2) is 4.99 Å². The topological polar surface area (TPSA) is 62.0 Å². The summed E-state index contributed by atoms with van der Waals surface area (Å²) < 4.78 is 10.3. The summed E-state index contributed by atoms with van der Waals surface area (Å²) in [6.07, 6.45) is 2.72. The van der Waals surface area contributed by atoms with E-state index in [4.69, 9.17) is 9.15 Å². The zero-order valence-corrected chi connectivity index (χ0v) is 13.4. The summed E-state index contributed by atoms with van der Waals surface area (Å²) in [6.45, 7) is 7.11. The Kier molecular flexibility index (Phi) is 9.32. The van der Waals surface area contributed by atoms with Gasteiger partial charge in [-0.3, -0.25) is 0 Å². The van der Waals surface area contributed by atoms with Gasteiger partial charge in [0.2, 0.25) is 0 Å². The average Bonchev–Trinajstić information content (AvgIpc) is 2.98.